The summed E-state index contributed by atoms with van der Waals surface area (Å²) in [5, 5.41) is 0. The molecule has 62 heavy (non-hydrogen) atoms. The highest BCUT2D eigenvalue weighted by Crippen LogP contribution is 3.18. The largest absolute Gasteiger partial charge is 0.460 e. The number of esters is 1. The number of ether oxygens (including phenoxy) is 2. The lowest BCUT2D eigenvalue weighted by Gasteiger charge is -2.66. The molecule has 1 aliphatic heterocycles. The number of fused-ring (bicyclic) bond motifs is 5. The van der Waals surface area contributed by atoms with Gasteiger partial charge in [-0.05, 0) is 72.2 Å². The molecule has 0 aromatic rings. The van der Waals surface area contributed by atoms with Crippen LogP contribution in [0.4, 0.5) is 0 Å². The predicted molar refractivity (Wildman–Crippen MR) is 371 cm³/mol. The molecule has 3 aliphatic carbocycles. The second-order valence-electron chi connectivity index (χ2n) is 15.2. The molecule has 0 aromatic carbocycles. The Labute approximate surface area is 429 Å². The average molecular weight is 1450 g/mol. The smallest absolute Gasteiger partial charge is 0.303 e. The Hall–Kier alpha value is 12.3. The molecule has 360 valence electrons. The predicted octanol–water partition coefficient (Wildman–Crippen LogP) is 20.2. The van der Waals surface area contributed by atoms with Crippen molar-refractivity contribution in [2.75, 3.05) is 6.61 Å². The number of rotatable bonds is 20. The highest BCUT2D eigenvalue weighted by Gasteiger charge is 2.75. The lowest BCUT2D eigenvalue weighted by Crippen LogP contribution is -2.78. The van der Waals surface area contributed by atoms with Crippen LogP contribution in [0, 0.1) is 28.6 Å². The number of hydrogen-bond donors (Lipinski definition) is 0. The maximum atomic E-state index is 16.9. The number of Topliss-reactive ketones (excluding diaryl/α,β-unsaturated/α-hetero) is 1. The molecule has 2 saturated carbocycles. The SMILES string of the molecule is CC(=O)O[C@@]12CO[C@@H]1C[C@H](OP(P(P)P)P(P)P)[C@@]1(C)C(=O)C(OP(P(P)P)P(PP)P(P)P)=C3C(C)[C@@H](OP(P(P)P(P)P)P(P(P)P)P(P)P)CC([C@@H](OPP)[C@H]21)C3(C)C. The van der Waals surface area contributed by atoms with Crippen LogP contribution in [0.1, 0.15) is 47.5 Å². The fourth-order valence-electron chi connectivity index (χ4n) is 8.86. The molecule has 0 aromatic heterocycles. The van der Waals surface area contributed by atoms with E-state index < -0.39 is 133 Å². The second-order valence-corrected chi connectivity index (χ2v) is 123. The van der Waals surface area contributed by atoms with Crippen LogP contribution in [-0.4, -0.2) is 48.4 Å². The summed E-state index contributed by atoms with van der Waals surface area (Å²) < 4.78 is 43.2. The van der Waals surface area contributed by atoms with Crippen LogP contribution in [0.3, 0.4) is 0 Å². The van der Waals surface area contributed by atoms with Gasteiger partial charge in [0, 0.05) is 61.6 Å². The minimum atomic E-state index is -1.20. The van der Waals surface area contributed by atoms with E-state index >= 15 is 4.79 Å². The molecule has 8 nitrogen and oxygen atoms in total. The van der Waals surface area contributed by atoms with Gasteiger partial charge in [-0.3, -0.25) is 9.59 Å². The van der Waals surface area contributed by atoms with Gasteiger partial charge in [0.25, 0.3) is 0 Å². The third kappa shape index (κ3) is 15.4. The van der Waals surface area contributed by atoms with Crippen LogP contribution in [0.25, 0.3) is 0 Å². The first-order valence-electron chi connectivity index (χ1n) is 18.0. The monoisotopic (exact) mass is 1450 g/mol. The van der Waals surface area contributed by atoms with Crippen LogP contribution >= 0.6 is 261 Å². The summed E-state index contributed by atoms with van der Waals surface area (Å²) in [7, 11) is 49.9. The summed E-state index contributed by atoms with van der Waals surface area (Å²) in [6.07, 6.45) is -0.540. The summed E-state index contributed by atoms with van der Waals surface area (Å²) in [6, 6.07) is 0. The van der Waals surface area contributed by atoms with Crippen molar-refractivity contribution < 1.29 is 37.2 Å². The van der Waals surface area contributed by atoms with Gasteiger partial charge in [0.05, 0.1) is 45.4 Å². The third-order valence-electron chi connectivity index (χ3n) is 11.3. The van der Waals surface area contributed by atoms with Gasteiger partial charge >= 0.3 is 5.97 Å². The number of allylic oxidation sites excluding steroid dienone is 1. The van der Waals surface area contributed by atoms with E-state index in [2.05, 4.69) is 179 Å². The maximum Gasteiger partial charge on any atom is 0.303 e. The quantitative estimate of drug-likeness (QED) is 0.0880. The van der Waals surface area contributed by atoms with Crippen LogP contribution in [0.2, 0.25) is 0 Å². The normalized spacial score (nSPS) is 33.7. The number of ketones is 1. The molecule has 0 radical (unpaired) electrons. The zero-order chi connectivity index (χ0) is 47.1. The van der Waals surface area contributed by atoms with E-state index in [1.165, 1.54) is 6.92 Å². The van der Waals surface area contributed by atoms with E-state index in [0.29, 0.717) is 20.1 Å². The van der Waals surface area contributed by atoms with Crippen molar-refractivity contribution in [1.29, 1.82) is 0 Å². The van der Waals surface area contributed by atoms with Crippen molar-refractivity contribution in [3.8, 4) is 0 Å². The van der Waals surface area contributed by atoms with E-state index in [4.69, 9.17) is 27.6 Å². The summed E-state index contributed by atoms with van der Waals surface area (Å²) >= 11 is 0. The van der Waals surface area contributed by atoms with E-state index in [9.17, 15) is 4.79 Å². The summed E-state index contributed by atoms with van der Waals surface area (Å²) in [4.78, 5) is 30.3. The standard InChI is InChI=1S/C22H64O8P32/c1-9-12(28-52(60(47)56(39)40)62(58(43)44)59(45)46)6-11-16(27-48-31)18-21(5,13(29-50(53(33)34)54(35)36)7-14-22(18,8-25-14)26-10(2)23)19(24)17(15(9)20(11,3)4)30-51(55(37)38)61(49-32)57(41)42/h9,11-14,16,18,48-49H,6-8,31-47H2,1-5H3/t9?,11?,12-,13-,14+,16+,18-,21+,22-,51?,52?,60?,61?/m0/s1. The fraction of sp³-hybridized carbons (Fsp3) is 0.818. The Kier molecular flexibility index (Phi) is 32.1. The average Bonchev–Trinajstić information content (AvgIpc) is 3.14. The van der Waals surface area contributed by atoms with Gasteiger partial charge < -0.3 is 27.6 Å². The Morgan fingerprint density at radius 1 is 0.758 bits per heavy atom. The molecule has 2 bridgehead atoms. The van der Waals surface area contributed by atoms with Crippen molar-refractivity contribution in [2.24, 2.45) is 28.6 Å². The molecule has 0 N–H and O–H groups in total. The summed E-state index contributed by atoms with van der Waals surface area (Å²) in [5.41, 5.74) is -1.81. The van der Waals surface area contributed by atoms with E-state index in [0.717, 1.165) is 12.0 Å². The molecular weight excluding hydrogens is 1380 g/mol. The fourth-order valence-corrected chi connectivity index (χ4v) is 204. The topological polar surface area (TPSA) is 89.5 Å². The first-order valence-corrected chi connectivity index (χ1v) is 72.9. The number of hydrogen-bond acceptors (Lipinski definition) is 8. The Bertz CT molecular complexity index is 1560. The van der Waals surface area contributed by atoms with Gasteiger partial charge in [0.15, 0.2) is 18.9 Å². The van der Waals surface area contributed by atoms with E-state index in [1.54, 1.807) is 0 Å². The number of carbonyl (C=O) groups is 2. The van der Waals surface area contributed by atoms with Crippen molar-refractivity contribution >= 4 is 272 Å². The highest BCUT2D eigenvalue weighted by molar-refractivity contribution is 9.19. The zero-order valence-electron chi connectivity index (χ0n) is 34.6. The second kappa shape index (κ2) is 29.8. The van der Waals surface area contributed by atoms with Crippen LogP contribution < -0.4 is 0 Å². The lowest BCUT2D eigenvalue weighted by atomic mass is 9.46. The first kappa shape index (κ1) is 66.8. The van der Waals surface area contributed by atoms with Gasteiger partial charge in [-0.25, -0.2) is 0 Å². The van der Waals surface area contributed by atoms with E-state index in [-0.39, 0.29) is 44.8 Å². The Morgan fingerprint density at radius 3 is 1.74 bits per heavy atom. The molecule has 4 aliphatic rings. The minimum Gasteiger partial charge on any atom is -0.460 e. The third-order valence-corrected chi connectivity index (χ3v) is 152. The van der Waals surface area contributed by atoms with Crippen LogP contribution in [-0.2, 0) is 37.2 Å². The van der Waals surface area contributed by atoms with Gasteiger partial charge in [-0.2, -0.15) is 0 Å². The molecule has 1 heterocycles. The van der Waals surface area contributed by atoms with Crippen LogP contribution in [0.5, 0.6) is 0 Å². The van der Waals surface area contributed by atoms with Crippen molar-refractivity contribution in [1.82, 2.24) is 0 Å². The molecule has 1 saturated heterocycles. The van der Waals surface area contributed by atoms with E-state index in [1.807, 2.05) is 0 Å². The molecular formula is C22H64O8P32. The molecule has 25 unspecified atom stereocenters. The van der Waals surface area contributed by atoms with Crippen molar-refractivity contribution in [3.05, 3.63) is 11.3 Å². The Balaban J connectivity index is 2.18. The van der Waals surface area contributed by atoms with Gasteiger partial charge in [-0.1, -0.05) is 64.4 Å². The highest BCUT2D eigenvalue weighted by atomic mass is 33.2. The molecule has 0 spiro atoms. The minimum absolute atomic E-state index is 0.0492. The summed E-state index contributed by atoms with van der Waals surface area (Å²) in [5.74, 6) is -0.791. The zero-order valence-corrected chi connectivity index (χ0v) is 67.8. The summed E-state index contributed by atoms with van der Waals surface area (Å²) in [6.45, 7) is 5.31. The first-order chi connectivity index (χ1) is 28.7. The maximum absolute atomic E-state index is 16.9. The Morgan fingerprint density at radius 2 is 1.32 bits per heavy atom. The molecule has 40 heteroatoms. The molecule has 4 rings (SSSR count). The van der Waals surface area contributed by atoms with Gasteiger partial charge in [0.2, 0.25) is 5.78 Å². The lowest BCUT2D eigenvalue weighted by molar-refractivity contribution is -0.330. The van der Waals surface area contributed by atoms with Crippen molar-refractivity contribution in [3.63, 3.8) is 0 Å². The van der Waals surface area contributed by atoms with Crippen LogP contribution in [0.15, 0.2) is 11.3 Å². The molecule has 0 amide bonds. The molecule has 3 fully saturated rings. The number of carbonyl (C=O) groups excluding carboxylic acids is 2. The van der Waals surface area contributed by atoms with Gasteiger partial charge in [-0.15, -0.1) is 116 Å². The van der Waals surface area contributed by atoms with Gasteiger partial charge in [0.1, 0.15) is 6.10 Å². The molecule has 32 atom stereocenters. The van der Waals surface area contributed by atoms with Crippen molar-refractivity contribution in [2.45, 2.75) is 77.5 Å².